The van der Waals surface area contributed by atoms with Crippen molar-refractivity contribution in [2.24, 2.45) is 11.0 Å². The van der Waals surface area contributed by atoms with E-state index < -0.39 is 0 Å². The van der Waals surface area contributed by atoms with Crippen molar-refractivity contribution in [3.8, 4) is 0 Å². The van der Waals surface area contributed by atoms with E-state index in [2.05, 4.69) is 15.3 Å². The summed E-state index contributed by atoms with van der Waals surface area (Å²) in [7, 11) is 0. The van der Waals surface area contributed by atoms with Crippen LogP contribution in [0.5, 0.6) is 0 Å². The second-order valence-electron chi connectivity index (χ2n) is 4.72. The van der Waals surface area contributed by atoms with Gasteiger partial charge in [0, 0.05) is 42.7 Å². The molecule has 1 aliphatic rings. The van der Waals surface area contributed by atoms with Gasteiger partial charge in [-0.15, -0.1) is 0 Å². The number of azide groups is 1. The third-order valence-electron chi connectivity index (χ3n) is 3.09. The standard InChI is InChI=1S/C13H15N5O2/c1-9(19)16-11-3-2-4-12(6-11)18-8-10(5-13(18)20)7-15-17-14/h2-4,6,10H,5,7-8H2,1H3,(H,16,19). The predicted molar refractivity (Wildman–Crippen MR) is 75.2 cm³/mol. The average Bonchev–Trinajstić information content (AvgIpc) is 2.77. The normalized spacial score (nSPS) is 17.8. The zero-order chi connectivity index (χ0) is 14.5. The summed E-state index contributed by atoms with van der Waals surface area (Å²) in [5.74, 6) is -0.109. The lowest BCUT2D eigenvalue weighted by atomic mass is 10.1. The minimum absolute atomic E-state index is 0.00288. The van der Waals surface area contributed by atoms with Gasteiger partial charge in [0.1, 0.15) is 0 Å². The molecule has 0 saturated carbocycles. The molecule has 7 heteroatoms. The topological polar surface area (TPSA) is 98.2 Å². The molecule has 1 unspecified atom stereocenters. The monoisotopic (exact) mass is 273 g/mol. The van der Waals surface area contributed by atoms with E-state index in [9.17, 15) is 9.59 Å². The molecule has 1 atom stereocenters. The van der Waals surface area contributed by atoms with Gasteiger partial charge in [-0.1, -0.05) is 11.2 Å². The van der Waals surface area contributed by atoms with Crippen molar-refractivity contribution in [2.75, 3.05) is 23.3 Å². The van der Waals surface area contributed by atoms with Crippen molar-refractivity contribution >= 4 is 23.2 Å². The minimum Gasteiger partial charge on any atom is -0.326 e. The molecule has 1 aliphatic heterocycles. The number of carbonyl (C=O) groups excluding carboxylic acids is 2. The first-order valence-corrected chi connectivity index (χ1v) is 6.29. The number of nitrogens with one attached hydrogen (secondary N) is 1. The number of anilines is 2. The highest BCUT2D eigenvalue weighted by Crippen LogP contribution is 2.27. The van der Waals surface area contributed by atoms with Crippen LogP contribution in [0.25, 0.3) is 10.4 Å². The molecule has 0 radical (unpaired) electrons. The van der Waals surface area contributed by atoms with E-state index in [1.807, 2.05) is 6.07 Å². The Morgan fingerprint density at radius 1 is 1.60 bits per heavy atom. The van der Waals surface area contributed by atoms with Gasteiger partial charge in [-0.2, -0.15) is 0 Å². The zero-order valence-electron chi connectivity index (χ0n) is 11.1. The third kappa shape index (κ3) is 3.27. The summed E-state index contributed by atoms with van der Waals surface area (Å²) in [4.78, 5) is 27.4. The molecule has 0 bridgehead atoms. The van der Waals surface area contributed by atoms with E-state index >= 15 is 0 Å². The Hall–Kier alpha value is -2.53. The molecule has 1 fully saturated rings. The predicted octanol–water partition coefficient (Wildman–Crippen LogP) is 2.31. The van der Waals surface area contributed by atoms with Crippen LogP contribution in [0.4, 0.5) is 11.4 Å². The van der Waals surface area contributed by atoms with Crippen molar-refractivity contribution in [2.45, 2.75) is 13.3 Å². The Balaban J connectivity index is 2.13. The molecule has 2 rings (SSSR count). The van der Waals surface area contributed by atoms with Crippen LogP contribution < -0.4 is 10.2 Å². The SMILES string of the molecule is CC(=O)Nc1cccc(N2CC(CN=[N+]=[N-])CC2=O)c1. The minimum atomic E-state index is -0.156. The lowest BCUT2D eigenvalue weighted by Gasteiger charge is -2.17. The maximum absolute atomic E-state index is 12.0. The number of amides is 2. The van der Waals surface area contributed by atoms with Crippen molar-refractivity contribution in [1.82, 2.24) is 0 Å². The largest absolute Gasteiger partial charge is 0.326 e. The lowest BCUT2D eigenvalue weighted by molar-refractivity contribution is -0.117. The van der Waals surface area contributed by atoms with Crippen LogP contribution >= 0.6 is 0 Å². The molecule has 1 saturated heterocycles. The van der Waals surface area contributed by atoms with Crippen LogP contribution in [0.2, 0.25) is 0 Å². The molecule has 7 nitrogen and oxygen atoms in total. The molecule has 0 aliphatic carbocycles. The summed E-state index contributed by atoms with van der Waals surface area (Å²) >= 11 is 0. The van der Waals surface area contributed by atoms with Gasteiger partial charge in [0.15, 0.2) is 0 Å². The van der Waals surface area contributed by atoms with Crippen molar-refractivity contribution in [3.05, 3.63) is 34.7 Å². The Bertz CT molecular complexity index is 580. The van der Waals surface area contributed by atoms with Gasteiger partial charge in [-0.25, -0.2) is 0 Å². The molecule has 1 N–H and O–H groups in total. The highest BCUT2D eigenvalue weighted by Gasteiger charge is 2.30. The Labute approximate surface area is 116 Å². The van der Waals surface area contributed by atoms with Gasteiger partial charge in [0.25, 0.3) is 0 Å². The summed E-state index contributed by atoms with van der Waals surface area (Å²) in [6.45, 7) is 2.29. The number of nitrogens with zero attached hydrogens (tertiary/aromatic N) is 4. The van der Waals surface area contributed by atoms with Crippen LogP contribution in [0.15, 0.2) is 29.4 Å². The van der Waals surface area contributed by atoms with Gasteiger partial charge < -0.3 is 10.2 Å². The van der Waals surface area contributed by atoms with Crippen LogP contribution in [0, 0.1) is 5.92 Å². The third-order valence-corrected chi connectivity index (χ3v) is 3.09. The van der Waals surface area contributed by atoms with Crippen molar-refractivity contribution < 1.29 is 9.59 Å². The number of hydrogen-bond donors (Lipinski definition) is 1. The van der Waals surface area contributed by atoms with Gasteiger partial charge in [-0.3, -0.25) is 9.59 Å². The summed E-state index contributed by atoms with van der Waals surface area (Å²) < 4.78 is 0. The Morgan fingerprint density at radius 2 is 2.40 bits per heavy atom. The molecular formula is C13H15N5O2. The fourth-order valence-electron chi connectivity index (χ4n) is 2.26. The maximum Gasteiger partial charge on any atom is 0.227 e. The first-order valence-electron chi connectivity index (χ1n) is 6.29. The van der Waals surface area contributed by atoms with Gasteiger partial charge in [0.05, 0.1) is 0 Å². The first-order chi connectivity index (χ1) is 9.60. The Morgan fingerprint density at radius 3 is 3.10 bits per heavy atom. The highest BCUT2D eigenvalue weighted by molar-refractivity contribution is 5.97. The fourth-order valence-corrected chi connectivity index (χ4v) is 2.26. The van der Waals surface area contributed by atoms with Gasteiger partial charge in [-0.05, 0) is 29.6 Å². The number of rotatable bonds is 4. The Kier molecular flexibility index (Phi) is 4.22. The van der Waals surface area contributed by atoms with E-state index in [1.54, 1.807) is 23.1 Å². The molecule has 2 amide bonds. The highest BCUT2D eigenvalue weighted by atomic mass is 16.2. The van der Waals surface area contributed by atoms with Crippen molar-refractivity contribution in [1.29, 1.82) is 0 Å². The number of carbonyl (C=O) groups is 2. The fraction of sp³-hybridized carbons (Fsp3) is 0.385. The van der Waals surface area contributed by atoms with Crippen LogP contribution in [0.3, 0.4) is 0 Å². The van der Waals surface area contributed by atoms with Crippen LogP contribution in [-0.2, 0) is 9.59 Å². The van der Waals surface area contributed by atoms with Crippen molar-refractivity contribution in [3.63, 3.8) is 0 Å². The molecular weight excluding hydrogens is 258 g/mol. The van der Waals surface area contributed by atoms with Gasteiger partial charge in [0.2, 0.25) is 11.8 Å². The lowest BCUT2D eigenvalue weighted by Crippen LogP contribution is -2.24. The molecule has 1 aromatic rings. The molecule has 0 aromatic heterocycles. The number of hydrogen-bond acceptors (Lipinski definition) is 3. The second kappa shape index (κ2) is 6.08. The van der Waals surface area contributed by atoms with E-state index in [4.69, 9.17) is 5.53 Å². The average molecular weight is 273 g/mol. The summed E-state index contributed by atoms with van der Waals surface area (Å²) in [5.41, 5.74) is 9.71. The maximum atomic E-state index is 12.0. The summed E-state index contributed by atoms with van der Waals surface area (Å²) in [6, 6.07) is 7.13. The summed E-state index contributed by atoms with van der Waals surface area (Å²) in [6.07, 6.45) is 0.378. The van der Waals surface area contributed by atoms with E-state index in [-0.39, 0.29) is 17.7 Å². The zero-order valence-corrected chi connectivity index (χ0v) is 11.1. The van der Waals surface area contributed by atoms with Crippen LogP contribution in [-0.4, -0.2) is 24.9 Å². The molecule has 0 spiro atoms. The molecule has 1 aromatic carbocycles. The van der Waals surface area contributed by atoms with Gasteiger partial charge >= 0.3 is 0 Å². The van der Waals surface area contributed by atoms with Crippen LogP contribution in [0.1, 0.15) is 13.3 Å². The number of benzene rings is 1. The van der Waals surface area contributed by atoms with E-state index in [1.165, 1.54) is 6.92 Å². The van der Waals surface area contributed by atoms with E-state index in [0.717, 1.165) is 5.69 Å². The quantitative estimate of drug-likeness (QED) is 0.517. The smallest absolute Gasteiger partial charge is 0.227 e. The molecule has 20 heavy (non-hydrogen) atoms. The molecule has 1 heterocycles. The molecule has 104 valence electrons. The summed E-state index contributed by atoms with van der Waals surface area (Å²) in [5, 5.41) is 6.20. The second-order valence-corrected chi connectivity index (χ2v) is 4.72. The first kappa shape index (κ1) is 13.9. The van der Waals surface area contributed by atoms with E-state index in [0.29, 0.717) is 25.2 Å².